The molecule has 0 aromatic heterocycles. The smallest absolute Gasteiger partial charge is 0.188 e. The molecule has 25 heavy (non-hydrogen) atoms. The van der Waals surface area contributed by atoms with Gasteiger partial charge in [0.2, 0.25) is 0 Å². The van der Waals surface area contributed by atoms with Crippen molar-refractivity contribution in [3.8, 4) is 11.5 Å². The van der Waals surface area contributed by atoms with Crippen LogP contribution in [0.3, 0.4) is 0 Å². The molecular formula is C20H24O5. The van der Waals surface area contributed by atoms with Crippen LogP contribution < -0.4 is 9.47 Å². The van der Waals surface area contributed by atoms with Gasteiger partial charge in [-0.25, -0.2) is 0 Å². The molecule has 0 unspecified atom stereocenters. The Labute approximate surface area is 148 Å². The molecule has 0 radical (unpaired) electrons. The SMILES string of the molecule is COCOc1cc(CO)cc(OCOC)c1C/C=C/c1ccccc1. The maximum Gasteiger partial charge on any atom is 0.188 e. The fraction of sp³-hybridized carbons (Fsp3) is 0.300. The van der Waals surface area contributed by atoms with Crippen molar-refractivity contribution in [2.45, 2.75) is 13.0 Å². The molecule has 0 bridgehead atoms. The van der Waals surface area contributed by atoms with E-state index in [1.165, 1.54) is 0 Å². The first-order valence-electron chi connectivity index (χ1n) is 8.00. The number of ether oxygens (including phenoxy) is 4. The number of aliphatic hydroxyl groups excluding tert-OH is 1. The fourth-order valence-corrected chi connectivity index (χ4v) is 2.35. The molecule has 1 N–H and O–H groups in total. The summed E-state index contributed by atoms with van der Waals surface area (Å²) in [7, 11) is 3.13. The third kappa shape index (κ3) is 5.90. The summed E-state index contributed by atoms with van der Waals surface area (Å²) in [4.78, 5) is 0. The van der Waals surface area contributed by atoms with Crippen molar-refractivity contribution in [2.24, 2.45) is 0 Å². The van der Waals surface area contributed by atoms with E-state index in [0.717, 1.165) is 11.1 Å². The first kappa shape index (κ1) is 19.0. The summed E-state index contributed by atoms with van der Waals surface area (Å²) in [6.07, 6.45) is 4.70. The Kier molecular flexibility index (Phi) is 7.98. The number of allylic oxidation sites excluding steroid dienone is 1. The maximum atomic E-state index is 9.47. The number of aliphatic hydroxyl groups is 1. The van der Waals surface area contributed by atoms with Crippen LogP contribution in [0.5, 0.6) is 11.5 Å². The minimum atomic E-state index is -0.104. The lowest BCUT2D eigenvalue weighted by molar-refractivity contribution is 0.0446. The van der Waals surface area contributed by atoms with Gasteiger partial charge < -0.3 is 24.1 Å². The largest absolute Gasteiger partial charge is 0.467 e. The first-order chi connectivity index (χ1) is 12.3. The van der Waals surface area contributed by atoms with Gasteiger partial charge >= 0.3 is 0 Å². The van der Waals surface area contributed by atoms with Gasteiger partial charge in [0.25, 0.3) is 0 Å². The van der Waals surface area contributed by atoms with Crippen LogP contribution in [0, 0.1) is 0 Å². The highest BCUT2D eigenvalue weighted by molar-refractivity contribution is 5.53. The van der Waals surface area contributed by atoms with E-state index in [9.17, 15) is 5.11 Å². The van der Waals surface area contributed by atoms with Gasteiger partial charge in [0.05, 0.1) is 6.61 Å². The molecule has 0 heterocycles. The highest BCUT2D eigenvalue weighted by Crippen LogP contribution is 2.32. The van der Waals surface area contributed by atoms with Gasteiger partial charge in [-0.1, -0.05) is 42.5 Å². The maximum absolute atomic E-state index is 9.47. The average molecular weight is 344 g/mol. The molecule has 0 saturated heterocycles. The van der Waals surface area contributed by atoms with Crippen molar-refractivity contribution in [1.29, 1.82) is 0 Å². The summed E-state index contributed by atoms with van der Waals surface area (Å²) < 4.78 is 21.3. The predicted molar refractivity (Wildman–Crippen MR) is 96.6 cm³/mol. The van der Waals surface area contributed by atoms with E-state index in [1.807, 2.05) is 42.5 Å². The average Bonchev–Trinajstić information content (AvgIpc) is 2.66. The number of benzene rings is 2. The Morgan fingerprint density at radius 2 is 1.52 bits per heavy atom. The van der Waals surface area contributed by atoms with Crippen LogP contribution in [-0.2, 0) is 22.5 Å². The van der Waals surface area contributed by atoms with Gasteiger partial charge in [0.15, 0.2) is 13.6 Å². The summed E-state index contributed by atoms with van der Waals surface area (Å²) in [5.74, 6) is 1.24. The van der Waals surface area contributed by atoms with E-state index < -0.39 is 0 Å². The molecule has 2 aromatic carbocycles. The lowest BCUT2D eigenvalue weighted by atomic mass is 10.0. The first-order valence-corrected chi connectivity index (χ1v) is 8.00. The van der Waals surface area contributed by atoms with Crippen LogP contribution >= 0.6 is 0 Å². The normalized spacial score (nSPS) is 11.0. The molecule has 0 fully saturated rings. The zero-order chi connectivity index (χ0) is 17.9. The van der Waals surface area contributed by atoms with Crippen molar-refractivity contribution in [3.05, 3.63) is 65.2 Å². The van der Waals surface area contributed by atoms with Crippen molar-refractivity contribution in [3.63, 3.8) is 0 Å². The second kappa shape index (κ2) is 10.5. The Morgan fingerprint density at radius 1 is 0.920 bits per heavy atom. The van der Waals surface area contributed by atoms with E-state index in [4.69, 9.17) is 18.9 Å². The number of rotatable bonds is 10. The minimum Gasteiger partial charge on any atom is -0.467 e. The molecule has 5 heteroatoms. The van der Waals surface area contributed by atoms with Crippen molar-refractivity contribution < 1.29 is 24.1 Å². The summed E-state index contributed by atoms with van der Waals surface area (Å²) in [6.45, 7) is 0.134. The predicted octanol–water partition coefficient (Wildman–Crippen LogP) is 3.40. The van der Waals surface area contributed by atoms with Crippen molar-refractivity contribution in [1.82, 2.24) is 0 Å². The standard InChI is InChI=1S/C20H24O5/c1-22-14-24-19-11-17(13-21)12-20(25-15-23-2)18(19)10-6-9-16-7-4-3-5-8-16/h3-9,11-12,21H,10,13-15H2,1-2H3/b9-6+. The summed E-state index contributed by atoms with van der Waals surface area (Å²) in [6, 6.07) is 13.6. The van der Waals surface area contributed by atoms with Crippen molar-refractivity contribution >= 4 is 6.08 Å². The summed E-state index contributed by atoms with van der Waals surface area (Å²) in [5, 5.41) is 9.47. The van der Waals surface area contributed by atoms with Crippen molar-refractivity contribution in [2.75, 3.05) is 27.8 Å². The molecule has 5 nitrogen and oxygen atoms in total. The highest BCUT2D eigenvalue weighted by atomic mass is 16.7. The zero-order valence-electron chi connectivity index (χ0n) is 14.6. The van der Waals surface area contributed by atoms with Crippen LogP contribution in [0.25, 0.3) is 6.08 Å². The lowest BCUT2D eigenvalue weighted by Crippen LogP contribution is -2.07. The molecule has 0 aliphatic carbocycles. The molecule has 0 aliphatic rings. The summed E-state index contributed by atoms with van der Waals surface area (Å²) in [5.41, 5.74) is 2.69. The fourth-order valence-electron chi connectivity index (χ4n) is 2.35. The van der Waals surface area contributed by atoms with Crippen LogP contribution in [0.1, 0.15) is 16.7 Å². The van der Waals surface area contributed by atoms with Gasteiger partial charge in [-0.2, -0.15) is 0 Å². The van der Waals surface area contributed by atoms with Crippen LogP contribution in [-0.4, -0.2) is 32.9 Å². The third-order valence-electron chi connectivity index (χ3n) is 3.51. The summed E-state index contributed by atoms with van der Waals surface area (Å²) >= 11 is 0. The van der Waals surface area contributed by atoms with Gasteiger partial charge in [-0.3, -0.25) is 0 Å². The molecule has 0 saturated carbocycles. The molecule has 0 atom stereocenters. The Balaban J connectivity index is 2.28. The van der Waals surface area contributed by atoms with E-state index in [0.29, 0.717) is 23.5 Å². The topological polar surface area (TPSA) is 57.2 Å². The van der Waals surface area contributed by atoms with E-state index in [1.54, 1.807) is 26.4 Å². The highest BCUT2D eigenvalue weighted by Gasteiger charge is 2.13. The van der Waals surface area contributed by atoms with Crippen LogP contribution in [0.4, 0.5) is 0 Å². The zero-order valence-corrected chi connectivity index (χ0v) is 14.6. The van der Waals surface area contributed by atoms with E-state index >= 15 is 0 Å². The molecular weight excluding hydrogens is 320 g/mol. The van der Waals surface area contributed by atoms with E-state index in [2.05, 4.69) is 0 Å². The molecule has 0 spiro atoms. The molecule has 134 valence electrons. The Morgan fingerprint density at radius 3 is 2.04 bits per heavy atom. The van der Waals surface area contributed by atoms with Gasteiger partial charge in [0.1, 0.15) is 11.5 Å². The van der Waals surface area contributed by atoms with Crippen LogP contribution in [0.2, 0.25) is 0 Å². The molecule has 0 aliphatic heterocycles. The Bertz CT molecular complexity index is 638. The van der Waals surface area contributed by atoms with Crippen LogP contribution in [0.15, 0.2) is 48.5 Å². The lowest BCUT2D eigenvalue weighted by Gasteiger charge is -2.16. The van der Waals surface area contributed by atoms with Gasteiger partial charge in [0, 0.05) is 19.8 Å². The number of methoxy groups -OCH3 is 2. The van der Waals surface area contributed by atoms with E-state index in [-0.39, 0.29) is 20.2 Å². The Hall–Kier alpha value is -2.34. The second-order valence-corrected chi connectivity index (χ2v) is 5.35. The monoisotopic (exact) mass is 344 g/mol. The quantitative estimate of drug-likeness (QED) is 0.670. The van der Waals surface area contributed by atoms with Gasteiger partial charge in [-0.15, -0.1) is 0 Å². The second-order valence-electron chi connectivity index (χ2n) is 5.35. The molecule has 2 rings (SSSR count). The molecule has 2 aromatic rings. The number of hydrogen-bond donors (Lipinski definition) is 1. The number of hydrogen-bond acceptors (Lipinski definition) is 5. The van der Waals surface area contributed by atoms with Gasteiger partial charge in [-0.05, 0) is 29.7 Å². The third-order valence-corrected chi connectivity index (χ3v) is 3.51. The molecule has 0 amide bonds. The minimum absolute atomic E-state index is 0.104.